The minimum atomic E-state index is 0.288. The van der Waals surface area contributed by atoms with Gasteiger partial charge in [-0.05, 0) is 18.6 Å². The molecule has 1 aromatic rings. The van der Waals surface area contributed by atoms with Crippen molar-refractivity contribution in [3.63, 3.8) is 0 Å². The van der Waals surface area contributed by atoms with Crippen LogP contribution in [0, 0.1) is 0 Å². The summed E-state index contributed by atoms with van der Waals surface area (Å²) in [6.45, 7) is 2.71. The van der Waals surface area contributed by atoms with E-state index >= 15 is 0 Å². The van der Waals surface area contributed by atoms with Crippen LogP contribution in [0.15, 0.2) is 18.3 Å². The van der Waals surface area contributed by atoms with E-state index in [0.29, 0.717) is 6.54 Å². The summed E-state index contributed by atoms with van der Waals surface area (Å²) in [5.74, 6) is 1.60. The van der Waals surface area contributed by atoms with Gasteiger partial charge in [0.2, 0.25) is 0 Å². The van der Waals surface area contributed by atoms with Crippen molar-refractivity contribution >= 4 is 5.82 Å². The molecule has 0 aliphatic carbocycles. The zero-order valence-electron chi connectivity index (χ0n) is 8.66. The van der Waals surface area contributed by atoms with Crippen LogP contribution in [0.1, 0.15) is 13.3 Å². The molecule has 1 unspecified atom stereocenters. The van der Waals surface area contributed by atoms with Gasteiger partial charge in [0.1, 0.15) is 11.6 Å². The molecule has 14 heavy (non-hydrogen) atoms. The number of methoxy groups -OCH3 is 1. The molecule has 0 saturated carbocycles. The molecular weight excluding hydrogens is 178 g/mol. The highest BCUT2D eigenvalue weighted by Crippen LogP contribution is 2.12. The molecule has 4 nitrogen and oxygen atoms in total. The third-order valence-electron chi connectivity index (χ3n) is 2.10. The molecule has 4 heteroatoms. The van der Waals surface area contributed by atoms with Crippen molar-refractivity contribution in [3.8, 4) is 5.75 Å². The van der Waals surface area contributed by atoms with Crippen LogP contribution in [0.5, 0.6) is 5.75 Å². The topological polar surface area (TPSA) is 60.2 Å². The summed E-state index contributed by atoms with van der Waals surface area (Å²) in [5.41, 5.74) is 5.57. The second-order valence-electron chi connectivity index (χ2n) is 3.07. The maximum Gasteiger partial charge on any atom is 0.137 e. The Kier molecular flexibility index (Phi) is 4.19. The summed E-state index contributed by atoms with van der Waals surface area (Å²) in [5, 5.41) is 3.24. The molecule has 78 valence electrons. The highest BCUT2D eigenvalue weighted by atomic mass is 16.5. The highest BCUT2D eigenvalue weighted by molar-refractivity contribution is 5.38. The Morgan fingerprint density at radius 3 is 2.79 bits per heavy atom. The van der Waals surface area contributed by atoms with Gasteiger partial charge in [0.05, 0.1) is 13.3 Å². The van der Waals surface area contributed by atoms with Crippen molar-refractivity contribution in [1.82, 2.24) is 4.98 Å². The number of nitrogens with zero attached hydrogens (tertiary/aromatic N) is 1. The predicted molar refractivity (Wildman–Crippen MR) is 57.5 cm³/mol. The lowest BCUT2D eigenvalue weighted by molar-refractivity contribution is 0.413. The van der Waals surface area contributed by atoms with Gasteiger partial charge in [0.25, 0.3) is 0 Å². The molecule has 0 aromatic carbocycles. The Morgan fingerprint density at radius 1 is 1.57 bits per heavy atom. The first-order chi connectivity index (χ1) is 6.80. The van der Waals surface area contributed by atoms with Crippen LogP contribution >= 0.6 is 0 Å². The average Bonchev–Trinajstić information content (AvgIpc) is 2.26. The normalized spacial score (nSPS) is 12.2. The van der Waals surface area contributed by atoms with Gasteiger partial charge in [-0.1, -0.05) is 6.92 Å². The maximum atomic E-state index is 5.57. The van der Waals surface area contributed by atoms with Crippen molar-refractivity contribution in [2.24, 2.45) is 5.73 Å². The zero-order chi connectivity index (χ0) is 10.4. The van der Waals surface area contributed by atoms with Gasteiger partial charge in [0, 0.05) is 12.6 Å². The number of nitrogens with two attached hydrogens (primary N) is 1. The van der Waals surface area contributed by atoms with Crippen LogP contribution in [0.3, 0.4) is 0 Å². The fraction of sp³-hybridized carbons (Fsp3) is 0.500. The molecule has 0 aliphatic rings. The van der Waals surface area contributed by atoms with E-state index in [-0.39, 0.29) is 6.04 Å². The number of aromatic nitrogens is 1. The van der Waals surface area contributed by atoms with Gasteiger partial charge >= 0.3 is 0 Å². The van der Waals surface area contributed by atoms with Gasteiger partial charge in [-0.15, -0.1) is 0 Å². The van der Waals surface area contributed by atoms with Crippen LogP contribution < -0.4 is 15.8 Å². The van der Waals surface area contributed by atoms with E-state index in [1.807, 2.05) is 12.1 Å². The van der Waals surface area contributed by atoms with Crippen molar-refractivity contribution in [2.75, 3.05) is 19.0 Å². The second-order valence-corrected chi connectivity index (χ2v) is 3.07. The summed E-state index contributed by atoms with van der Waals surface area (Å²) in [7, 11) is 1.62. The van der Waals surface area contributed by atoms with Gasteiger partial charge in [-0.25, -0.2) is 4.98 Å². The summed E-state index contributed by atoms with van der Waals surface area (Å²) in [4.78, 5) is 4.19. The highest BCUT2D eigenvalue weighted by Gasteiger charge is 2.03. The van der Waals surface area contributed by atoms with Crippen molar-refractivity contribution in [1.29, 1.82) is 0 Å². The predicted octanol–water partition coefficient (Wildman–Crippen LogP) is 1.24. The Balaban J connectivity index is 2.58. The first-order valence-corrected chi connectivity index (χ1v) is 4.76. The van der Waals surface area contributed by atoms with E-state index in [4.69, 9.17) is 10.5 Å². The van der Waals surface area contributed by atoms with E-state index in [0.717, 1.165) is 18.0 Å². The Hall–Kier alpha value is -1.29. The van der Waals surface area contributed by atoms with E-state index in [1.54, 1.807) is 13.3 Å². The molecule has 1 aromatic heterocycles. The molecule has 1 atom stereocenters. The van der Waals surface area contributed by atoms with Crippen molar-refractivity contribution in [2.45, 2.75) is 19.4 Å². The second kappa shape index (κ2) is 5.44. The lowest BCUT2D eigenvalue weighted by Crippen LogP contribution is -2.28. The Labute approximate surface area is 84.5 Å². The van der Waals surface area contributed by atoms with E-state index in [1.165, 1.54) is 0 Å². The van der Waals surface area contributed by atoms with E-state index in [9.17, 15) is 0 Å². The monoisotopic (exact) mass is 195 g/mol. The summed E-state index contributed by atoms with van der Waals surface area (Å²) in [6, 6.07) is 4.05. The number of ether oxygens (including phenoxy) is 1. The van der Waals surface area contributed by atoms with Gasteiger partial charge in [-0.2, -0.15) is 0 Å². The lowest BCUT2D eigenvalue weighted by Gasteiger charge is -2.14. The van der Waals surface area contributed by atoms with E-state index < -0.39 is 0 Å². The average molecular weight is 195 g/mol. The first kappa shape index (κ1) is 10.8. The molecule has 0 saturated heterocycles. The fourth-order valence-corrected chi connectivity index (χ4v) is 1.12. The Bertz CT molecular complexity index is 257. The van der Waals surface area contributed by atoms with Crippen LogP contribution in [0.25, 0.3) is 0 Å². The van der Waals surface area contributed by atoms with Gasteiger partial charge < -0.3 is 15.8 Å². The summed E-state index contributed by atoms with van der Waals surface area (Å²) < 4.78 is 5.01. The molecule has 0 fully saturated rings. The molecular formula is C10H17N3O. The molecule has 0 spiro atoms. The zero-order valence-corrected chi connectivity index (χ0v) is 8.66. The van der Waals surface area contributed by atoms with Gasteiger partial charge in [0.15, 0.2) is 0 Å². The fourth-order valence-electron chi connectivity index (χ4n) is 1.12. The minimum absolute atomic E-state index is 0.288. The summed E-state index contributed by atoms with van der Waals surface area (Å²) in [6.07, 6.45) is 2.68. The lowest BCUT2D eigenvalue weighted by atomic mass is 10.2. The maximum absolute atomic E-state index is 5.57. The third-order valence-corrected chi connectivity index (χ3v) is 2.10. The standard InChI is InChI=1S/C10H17N3O/c1-3-8(6-11)13-10-5-4-9(14-2)7-12-10/h4-5,7-8H,3,6,11H2,1-2H3,(H,12,13). The van der Waals surface area contributed by atoms with Crippen LogP contribution in [0.2, 0.25) is 0 Å². The molecule has 0 aliphatic heterocycles. The number of rotatable bonds is 5. The SMILES string of the molecule is CCC(CN)Nc1ccc(OC)cn1. The smallest absolute Gasteiger partial charge is 0.137 e. The molecule has 1 heterocycles. The number of hydrogen-bond donors (Lipinski definition) is 2. The van der Waals surface area contributed by atoms with Crippen LogP contribution in [-0.2, 0) is 0 Å². The Morgan fingerprint density at radius 2 is 2.36 bits per heavy atom. The quantitative estimate of drug-likeness (QED) is 0.742. The molecule has 0 bridgehead atoms. The van der Waals surface area contributed by atoms with Crippen LogP contribution in [-0.4, -0.2) is 24.7 Å². The molecule has 3 N–H and O–H groups in total. The number of pyridine rings is 1. The van der Waals surface area contributed by atoms with Gasteiger partial charge in [-0.3, -0.25) is 0 Å². The largest absolute Gasteiger partial charge is 0.495 e. The third kappa shape index (κ3) is 2.88. The minimum Gasteiger partial charge on any atom is -0.495 e. The summed E-state index contributed by atoms with van der Waals surface area (Å²) >= 11 is 0. The van der Waals surface area contributed by atoms with Crippen molar-refractivity contribution < 1.29 is 4.74 Å². The number of nitrogens with one attached hydrogen (secondary N) is 1. The molecule has 1 rings (SSSR count). The van der Waals surface area contributed by atoms with Crippen molar-refractivity contribution in [3.05, 3.63) is 18.3 Å². The first-order valence-electron chi connectivity index (χ1n) is 4.76. The number of hydrogen-bond acceptors (Lipinski definition) is 4. The molecule has 0 amide bonds. The van der Waals surface area contributed by atoms with E-state index in [2.05, 4.69) is 17.2 Å². The molecule has 0 radical (unpaired) electrons. The number of anilines is 1. The van der Waals surface area contributed by atoms with Crippen LogP contribution in [0.4, 0.5) is 5.82 Å².